The molecule has 1 aromatic heterocycles. The predicted molar refractivity (Wildman–Crippen MR) is 84.4 cm³/mol. The maximum Gasteiger partial charge on any atom is 0.139 e. The highest BCUT2D eigenvalue weighted by Crippen LogP contribution is 2.24. The van der Waals surface area contributed by atoms with Gasteiger partial charge in [0.1, 0.15) is 10.8 Å². The van der Waals surface area contributed by atoms with Crippen LogP contribution in [0.2, 0.25) is 0 Å². The molecule has 1 fully saturated rings. The van der Waals surface area contributed by atoms with Crippen LogP contribution in [0.4, 0.5) is 0 Å². The second-order valence-corrected chi connectivity index (χ2v) is 7.77. The first-order chi connectivity index (χ1) is 9.45. The lowest BCUT2D eigenvalue weighted by Gasteiger charge is -2.21. The van der Waals surface area contributed by atoms with Gasteiger partial charge in [0, 0.05) is 17.2 Å². The molecule has 0 spiro atoms. The molecule has 3 nitrogen and oxygen atoms in total. The summed E-state index contributed by atoms with van der Waals surface area (Å²) in [6, 6.07) is 0. The molecular weight excluding hydrogens is 268 g/mol. The lowest BCUT2D eigenvalue weighted by atomic mass is 9.92. The molecule has 1 aliphatic rings. The normalized spacial score (nSPS) is 17.4. The molecule has 0 atom stereocenters. The second kappa shape index (κ2) is 6.81. The number of carbonyl (C=O) groups is 1. The molecule has 0 aliphatic carbocycles. The van der Waals surface area contributed by atoms with Crippen LogP contribution in [0.5, 0.6) is 0 Å². The summed E-state index contributed by atoms with van der Waals surface area (Å²) < 4.78 is 0. The van der Waals surface area contributed by atoms with Crippen molar-refractivity contribution >= 4 is 17.1 Å². The number of ketones is 1. The summed E-state index contributed by atoms with van der Waals surface area (Å²) in [4.78, 5) is 16.7. The fraction of sp³-hybridized carbons (Fsp3) is 0.750. The Hall–Kier alpha value is -0.740. The van der Waals surface area contributed by atoms with Crippen LogP contribution in [0.15, 0.2) is 5.38 Å². The van der Waals surface area contributed by atoms with Crippen molar-refractivity contribution in [2.75, 3.05) is 13.1 Å². The quantitative estimate of drug-likeness (QED) is 0.905. The first-order valence-corrected chi connectivity index (χ1v) is 8.50. The molecule has 0 amide bonds. The van der Waals surface area contributed by atoms with Gasteiger partial charge in [0.25, 0.3) is 0 Å². The van der Waals surface area contributed by atoms with Gasteiger partial charge < -0.3 is 5.32 Å². The first kappa shape index (κ1) is 15.6. The Bertz CT molecular complexity index is 442. The van der Waals surface area contributed by atoms with Crippen LogP contribution in [0, 0.1) is 5.92 Å². The molecule has 1 saturated heterocycles. The summed E-state index contributed by atoms with van der Waals surface area (Å²) in [6.07, 6.45) is 4.73. The maximum atomic E-state index is 12.1. The zero-order valence-corrected chi connectivity index (χ0v) is 13.7. The standard InChI is InChI=1S/C16H26N2OS/c1-16(2,3)14-11-20-15(18-14)10-13(19)5-4-12-6-8-17-9-7-12/h11-12,17H,4-10H2,1-3H3. The molecule has 0 unspecified atom stereocenters. The van der Waals surface area contributed by atoms with E-state index in [9.17, 15) is 4.79 Å². The average Bonchev–Trinajstić information content (AvgIpc) is 2.86. The minimum absolute atomic E-state index is 0.0763. The Morgan fingerprint density at radius 1 is 1.40 bits per heavy atom. The second-order valence-electron chi connectivity index (χ2n) is 6.82. The minimum Gasteiger partial charge on any atom is -0.317 e. The zero-order valence-electron chi connectivity index (χ0n) is 12.9. The molecule has 20 heavy (non-hydrogen) atoms. The van der Waals surface area contributed by atoms with Gasteiger partial charge in [-0.3, -0.25) is 4.79 Å². The molecule has 1 aliphatic heterocycles. The van der Waals surface area contributed by atoms with E-state index in [1.807, 2.05) is 0 Å². The molecule has 4 heteroatoms. The molecule has 2 rings (SSSR count). The lowest BCUT2D eigenvalue weighted by molar-refractivity contribution is -0.118. The topological polar surface area (TPSA) is 42.0 Å². The summed E-state index contributed by atoms with van der Waals surface area (Å²) in [7, 11) is 0. The highest BCUT2D eigenvalue weighted by molar-refractivity contribution is 7.09. The smallest absolute Gasteiger partial charge is 0.139 e. The minimum atomic E-state index is 0.0763. The zero-order chi connectivity index (χ0) is 14.6. The van der Waals surface area contributed by atoms with Crippen LogP contribution in [-0.2, 0) is 16.6 Å². The molecule has 112 valence electrons. The van der Waals surface area contributed by atoms with Crippen molar-refractivity contribution in [3.05, 3.63) is 16.1 Å². The predicted octanol–water partition coefficient (Wildman–Crippen LogP) is 3.33. The molecular formula is C16H26N2OS. The van der Waals surface area contributed by atoms with Gasteiger partial charge in [-0.2, -0.15) is 0 Å². The Kier molecular flexibility index (Phi) is 5.33. The van der Waals surface area contributed by atoms with Gasteiger partial charge >= 0.3 is 0 Å². The van der Waals surface area contributed by atoms with Crippen LogP contribution in [0.1, 0.15) is 57.2 Å². The van der Waals surface area contributed by atoms with Gasteiger partial charge in [0.05, 0.1) is 12.1 Å². The number of thiazole rings is 1. The van der Waals surface area contributed by atoms with Crippen LogP contribution < -0.4 is 5.32 Å². The SMILES string of the molecule is CC(C)(C)c1csc(CC(=O)CCC2CCNCC2)n1. The number of nitrogens with one attached hydrogen (secondary N) is 1. The van der Waals surface area contributed by atoms with E-state index >= 15 is 0 Å². The van der Waals surface area contributed by atoms with Gasteiger partial charge in [-0.15, -0.1) is 11.3 Å². The maximum absolute atomic E-state index is 12.1. The van der Waals surface area contributed by atoms with E-state index in [0.29, 0.717) is 12.2 Å². The van der Waals surface area contributed by atoms with Gasteiger partial charge in [0.2, 0.25) is 0 Å². The highest BCUT2D eigenvalue weighted by Gasteiger charge is 2.19. The molecule has 0 radical (unpaired) electrons. The summed E-state index contributed by atoms with van der Waals surface area (Å²) in [6.45, 7) is 8.70. The Morgan fingerprint density at radius 2 is 2.10 bits per heavy atom. The van der Waals surface area contributed by atoms with Crippen molar-refractivity contribution in [3.8, 4) is 0 Å². The van der Waals surface area contributed by atoms with Crippen LogP contribution in [0.3, 0.4) is 0 Å². The number of piperidine rings is 1. The summed E-state index contributed by atoms with van der Waals surface area (Å²) in [5.74, 6) is 1.08. The summed E-state index contributed by atoms with van der Waals surface area (Å²) in [5, 5.41) is 6.44. The monoisotopic (exact) mass is 294 g/mol. The fourth-order valence-electron chi connectivity index (χ4n) is 2.53. The molecule has 2 heterocycles. The van der Waals surface area contributed by atoms with E-state index in [-0.39, 0.29) is 5.41 Å². The van der Waals surface area contributed by atoms with E-state index in [4.69, 9.17) is 0 Å². The van der Waals surface area contributed by atoms with E-state index in [2.05, 4.69) is 36.5 Å². The van der Waals surface area contributed by atoms with Crippen molar-refractivity contribution < 1.29 is 4.79 Å². The third-order valence-electron chi connectivity index (χ3n) is 3.96. The largest absolute Gasteiger partial charge is 0.317 e. The van der Waals surface area contributed by atoms with Crippen LogP contribution >= 0.6 is 11.3 Å². The van der Waals surface area contributed by atoms with Gasteiger partial charge in [-0.05, 0) is 38.3 Å². The van der Waals surface area contributed by atoms with Gasteiger partial charge in [0.15, 0.2) is 0 Å². The highest BCUT2D eigenvalue weighted by atomic mass is 32.1. The fourth-order valence-corrected chi connectivity index (χ4v) is 3.58. The average molecular weight is 294 g/mol. The molecule has 1 N–H and O–H groups in total. The number of hydrogen-bond donors (Lipinski definition) is 1. The van der Waals surface area contributed by atoms with Crippen molar-refractivity contribution in [2.24, 2.45) is 5.92 Å². The summed E-state index contributed by atoms with van der Waals surface area (Å²) >= 11 is 1.62. The van der Waals surface area contributed by atoms with Crippen LogP contribution in [0.25, 0.3) is 0 Å². The molecule has 0 bridgehead atoms. The Labute approximate surface area is 126 Å². The number of rotatable bonds is 5. The summed E-state index contributed by atoms with van der Waals surface area (Å²) in [5.41, 5.74) is 1.18. The van der Waals surface area contributed by atoms with Crippen molar-refractivity contribution in [1.29, 1.82) is 0 Å². The third kappa shape index (κ3) is 4.67. The Morgan fingerprint density at radius 3 is 2.70 bits per heavy atom. The third-order valence-corrected chi connectivity index (χ3v) is 4.81. The number of Topliss-reactive ketones (excluding diaryl/α,β-unsaturated/α-hetero) is 1. The number of hydrogen-bond acceptors (Lipinski definition) is 4. The van der Waals surface area contributed by atoms with Crippen molar-refractivity contribution in [1.82, 2.24) is 10.3 Å². The number of nitrogens with zero attached hydrogens (tertiary/aromatic N) is 1. The lowest BCUT2D eigenvalue weighted by Crippen LogP contribution is -2.28. The molecule has 1 aromatic rings. The van der Waals surface area contributed by atoms with Gasteiger partial charge in [-0.25, -0.2) is 4.98 Å². The molecule has 0 aromatic carbocycles. The van der Waals surface area contributed by atoms with Crippen molar-refractivity contribution in [3.63, 3.8) is 0 Å². The van der Waals surface area contributed by atoms with E-state index in [1.165, 1.54) is 12.8 Å². The number of aromatic nitrogens is 1. The molecule has 0 saturated carbocycles. The van der Waals surface area contributed by atoms with E-state index < -0.39 is 0 Å². The van der Waals surface area contributed by atoms with Gasteiger partial charge in [-0.1, -0.05) is 20.8 Å². The number of carbonyl (C=O) groups excluding carboxylic acids is 1. The van der Waals surface area contributed by atoms with E-state index in [0.717, 1.165) is 42.6 Å². The van der Waals surface area contributed by atoms with Crippen molar-refractivity contribution in [2.45, 2.75) is 58.3 Å². The Balaban J connectivity index is 1.77. The van der Waals surface area contributed by atoms with Crippen LogP contribution in [-0.4, -0.2) is 23.9 Å². The first-order valence-electron chi connectivity index (χ1n) is 7.62. The van der Waals surface area contributed by atoms with E-state index in [1.54, 1.807) is 11.3 Å².